The number of anilines is 1. The monoisotopic (exact) mass is 362 g/mol. The lowest BCUT2D eigenvalue weighted by Crippen LogP contribution is -2.15. The molecular formula is C18H13F3N2O3. The van der Waals surface area contributed by atoms with Gasteiger partial charge in [0.25, 0.3) is 5.91 Å². The Labute approximate surface area is 146 Å². The van der Waals surface area contributed by atoms with Gasteiger partial charge in [-0.1, -0.05) is 17.3 Å². The quantitative estimate of drug-likeness (QED) is 0.738. The third-order valence-electron chi connectivity index (χ3n) is 3.59. The smallest absolute Gasteiger partial charge is 0.278 e. The van der Waals surface area contributed by atoms with Crippen LogP contribution in [-0.4, -0.2) is 11.1 Å². The number of para-hydroxylation sites is 1. The van der Waals surface area contributed by atoms with Gasteiger partial charge in [0, 0.05) is 11.8 Å². The summed E-state index contributed by atoms with van der Waals surface area (Å²) in [6.07, 6.45) is 0. The summed E-state index contributed by atoms with van der Waals surface area (Å²) in [7, 11) is 0. The fourth-order valence-electron chi connectivity index (χ4n) is 2.22. The van der Waals surface area contributed by atoms with Crippen molar-refractivity contribution in [2.45, 2.75) is 13.5 Å². The van der Waals surface area contributed by atoms with Gasteiger partial charge >= 0.3 is 0 Å². The number of nitrogens with zero attached hydrogens (tertiary/aromatic N) is 1. The van der Waals surface area contributed by atoms with Crippen LogP contribution in [0.1, 0.15) is 21.8 Å². The van der Waals surface area contributed by atoms with Gasteiger partial charge in [-0.2, -0.15) is 0 Å². The van der Waals surface area contributed by atoms with Crippen molar-refractivity contribution in [3.05, 3.63) is 76.9 Å². The highest BCUT2D eigenvalue weighted by Gasteiger charge is 2.21. The molecule has 0 fully saturated rings. The summed E-state index contributed by atoms with van der Waals surface area (Å²) in [6, 6.07) is 8.75. The molecule has 0 bridgehead atoms. The van der Waals surface area contributed by atoms with Gasteiger partial charge in [-0.25, -0.2) is 13.2 Å². The molecule has 0 atom stereocenters. The van der Waals surface area contributed by atoms with E-state index in [1.807, 2.05) is 0 Å². The van der Waals surface area contributed by atoms with Crippen LogP contribution in [-0.2, 0) is 6.61 Å². The van der Waals surface area contributed by atoms with Crippen LogP contribution in [0.2, 0.25) is 0 Å². The first-order chi connectivity index (χ1) is 12.5. The topological polar surface area (TPSA) is 64.4 Å². The molecule has 1 N–H and O–H groups in total. The third-order valence-corrected chi connectivity index (χ3v) is 3.59. The minimum atomic E-state index is -1.10. The molecule has 8 heteroatoms. The van der Waals surface area contributed by atoms with Gasteiger partial charge in [-0.15, -0.1) is 0 Å². The van der Waals surface area contributed by atoms with Gasteiger partial charge in [0.1, 0.15) is 12.4 Å². The Hall–Kier alpha value is -3.29. The fourth-order valence-corrected chi connectivity index (χ4v) is 2.22. The number of benzene rings is 2. The second-order valence-electron chi connectivity index (χ2n) is 5.37. The third kappa shape index (κ3) is 3.69. The molecular weight excluding hydrogens is 349 g/mol. The standard InChI is InChI=1S/C18H13F3N2O3/c1-10-12(9-25-16-5-3-2-4-14(16)20)17(23-26-10)18(24)22-11-6-7-13(19)15(21)8-11/h2-8H,9H2,1H3,(H,22,24). The van der Waals surface area contributed by atoms with Crippen molar-refractivity contribution in [3.63, 3.8) is 0 Å². The molecule has 2 aromatic carbocycles. The summed E-state index contributed by atoms with van der Waals surface area (Å²) in [5.74, 6) is -3.03. The average molecular weight is 362 g/mol. The van der Waals surface area contributed by atoms with Gasteiger partial charge in [-0.05, 0) is 31.2 Å². The normalized spacial score (nSPS) is 10.6. The number of hydrogen-bond acceptors (Lipinski definition) is 4. The molecule has 0 spiro atoms. The average Bonchev–Trinajstić information content (AvgIpc) is 2.98. The van der Waals surface area contributed by atoms with E-state index in [1.54, 1.807) is 13.0 Å². The van der Waals surface area contributed by atoms with Crippen molar-refractivity contribution < 1.29 is 27.2 Å². The van der Waals surface area contributed by atoms with Gasteiger partial charge in [-0.3, -0.25) is 4.79 Å². The van der Waals surface area contributed by atoms with E-state index in [0.717, 1.165) is 12.1 Å². The predicted molar refractivity (Wildman–Crippen MR) is 86.3 cm³/mol. The lowest BCUT2D eigenvalue weighted by Gasteiger charge is -2.08. The van der Waals surface area contributed by atoms with E-state index in [1.165, 1.54) is 24.3 Å². The van der Waals surface area contributed by atoms with Crippen LogP contribution < -0.4 is 10.1 Å². The Bertz CT molecular complexity index is 957. The molecule has 0 aliphatic carbocycles. The molecule has 0 aliphatic rings. The molecule has 0 saturated heterocycles. The second-order valence-corrected chi connectivity index (χ2v) is 5.37. The molecule has 0 saturated carbocycles. The molecule has 26 heavy (non-hydrogen) atoms. The maximum Gasteiger partial charge on any atom is 0.278 e. The highest BCUT2D eigenvalue weighted by Crippen LogP contribution is 2.21. The van der Waals surface area contributed by atoms with E-state index in [-0.39, 0.29) is 23.7 Å². The van der Waals surface area contributed by atoms with Crippen LogP contribution in [0, 0.1) is 24.4 Å². The van der Waals surface area contributed by atoms with Gasteiger partial charge in [0.2, 0.25) is 0 Å². The van der Waals surface area contributed by atoms with Crippen LogP contribution in [0.25, 0.3) is 0 Å². The van der Waals surface area contributed by atoms with Gasteiger partial charge in [0.05, 0.1) is 5.56 Å². The Morgan fingerprint density at radius 3 is 2.62 bits per heavy atom. The molecule has 0 unspecified atom stereocenters. The largest absolute Gasteiger partial charge is 0.486 e. The van der Waals surface area contributed by atoms with Crippen LogP contribution in [0.5, 0.6) is 5.75 Å². The first-order valence-corrected chi connectivity index (χ1v) is 7.54. The lowest BCUT2D eigenvalue weighted by atomic mass is 10.2. The number of hydrogen-bond donors (Lipinski definition) is 1. The molecule has 1 aromatic heterocycles. The van der Waals surface area contributed by atoms with E-state index in [2.05, 4.69) is 10.5 Å². The summed E-state index contributed by atoms with van der Waals surface area (Å²) < 4.78 is 50.2. The van der Waals surface area contributed by atoms with Crippen LogP contribution in [0.3, 0.4) is 0 Å². The van der Waals surface area contributed by atoms with Crippen molar-refractivity contribution in [2.24, 2.45) is 0 Å². The molecule has 3 aromatic rings. The van der Waals surface area contributed by atoms with E-state index < -0.39 is 23.4 Å². The minimum Gasteiger partial charge on any atom is -0.486 e. The van der Waals surface area contributed by atoms with Gasteiger partial charge < -0.3 is 14.6 Å². The summed E-state index contributed by atoms with van der Waals surface area (Å²) in [6.45, 7) is 1.41. The first-order valence-electron chi connectivity index (χ1n) is 7.54. The van der Waals surface area contributed by atoms with Crippen molar-refractivity contribution in [1.29, 1.82) is 0 Å². The summed E-state index contributed by atoms with van der Waals surface area (Å²) >= 11 is 0. The van der Waals surface area contributed by atoms with E-state index in [4.69, 9.17) is 9.26 Å². The SMILES string of the molecule is Cc1onc(C(=O)Nc2ccc(F)c(F)c2)c1COc1ccccc1F. The Balaban J connectivity index is 1.77. The van der Waals surface area contributed by atoms with E-state index in [0.29, 0.717) is 11.3 Å². The Kier molecular flexibility index (Phi) is 4.92. The van der Waals surface area contributed by atoms with Crippen LogP contribution >= 0.6 is 0 Å². The van der Waals surface area contributed by atoms with Crippen LogP contribution in [0.15, 0.2) is 47.0 Å². The fraction of sp³-hybridized carbons (Fsp3) is 0.111. The minimum absolute atomic E-state index is 0.0139. The van der Waals surface area contributed by atoms with E-state index in [9.17, 15) is 18.0 Å². The number of carbonyl (C=O) groups excluding carboxylic acids is 1. The lowest BCUT2D eigenvalue weighted by molar-refractivity contribution is 0.101. The zero-order valence-corrected chi connectivity index (χ0v) is 13.6. The Morgan fingerprint density at radius 1 is 1.12 bits per heavy atom. The molecule has 0 aliphatic heterocycles. The molecule has 134 valence electrons. The van der Waals surface area contributed by atoms with Crippen molar-refractivity contribution >= 4 is 11.6 Å². The van der Waals surface area contributed by atoms with Crippen molar-refractivity contribution in [2.75, 3.05) is 5.32 Å². The maximum absolute atomic E-state index is 13.6. The zero-order chi connectivity index (χ0) is 18.7. The summed E-state index contributed by atoms with van der Waals surface area (Å²) in [4.78, 5) is 12.3. The number of carbonyl (C=O) groups is 1. The Morgan fingerprint density at radius 2 is 1.88 bits per heavy atom. The van der Waals surface area contributed by atoms with E-state index >= 15 is 0 Å². The molecule has 3 rings (SSSR count). The molecule has 0 radical (unpaired) electrons. The highest BCUT2D eigenvalue weighted by molar-refractivity contribution is 6.03. The van der Waals surface area contributed by atoms with Crippen molar-refractivity contribution in [3.8, 4) is 5.75 Å². The first kappa shape index (κ1) is 17.5. The number of aromatic nitrogens is 1. The van der Waals surface area contributed by atoms with Gasteiger partial charge in [0.15, 0.2) is 28.9 Å². The number of aryl methyl sites for hydroxylation is 1. The predicted octanol–water partition coefficient (Wildman–Crippen LogP) is 4.23. The molecule has 1 amide bonds. The number of rotatable bonds is 5. The summed E-state index contributed by atoms with van der Waals surface area (Å²) in [5, 5.41) is 6.05. The molecule has 5 nitrogen and oxygen atoms in total. The number of ether oxygens (including phenoxy) is 1. The molecule has 1 heterocycles. The highest BCUT2D eigenvalue weighted by atomic mass is 19.2. The van der Waals surface area contributed by atoms with Crippen LogP contribution in [0.4, 0.5) is 18.9 Å². The number of nitrogens with one attached hydrogen (secondary N) is 1. The number of halogens is 3. The number of amides is 1. The second kappa shape index (κ2) is 7.30. The van der Waals surface area contributed by atoms with Crippen molar-refractivity contribution in [1.82, 2.24) is 5.16 Å². The maximum atomic E-state index is 13.6. The zero-order valence-electron chi connectivity index (χ0n) is 13.6. The summed E-state index contributed by atoms with van der Waals surface area (Å²) in [5.41, 5.74) is 0.271.